The summed E-state index contributed by atoms with van der Waals surface area (Å²) < 4.78 is 0. The molecule has 0 amide bonds. The van der Waals surface area contributed by atoms with E-state index in [4.69, 9.17) is 0 Å². The molecular formula is C15H25NS. The van der Waals surface area contributed by atoms with Gasteiger partial charge in [0.15, 0.2) is 0 Å². The van der Waals surface area contributed by atoms with Crippen LogP contribution in [0, 0.1) is 5.92 Å². The van der Waals surface area contributed by atoms with Crippen molar-refractivity contribution < 1.29 is 0 Å². The molecular weight excluding hydrogens is 226 g/mol. The Kier molecular flexibility index (Phi) is 7.38. The summed E-state index contributed by atoms with van der Waals surface area (Å²) in [5.41, 5.74) is 1.43. The van der Waals surface area contributed by atoms with Crippen LogP contribution >= 0.6 is 11.8 Å². The number of thioether (sulfide) groups is 1. The van der Waals surface area contributed by atoms with Crippen LogP contribution in [0.3, 0.4) is 0 Å². The minimum absolute atomic E-state index is 0.642. The fraction of sp³-hybridized carbons (Fsp3) is 0.600. The van der Waals surface area contributed by atoms with Crippen molar-refractivity contribution >= 4 is 11.8 Å². The van der Waals surface area contributed by atoms with Gasteiger partial charge in [0.1, 0.15) is 0 Å². The zero-order chi connectivity index (χ0) is 12.5. The number of rotatable bonds is 8. The van der Waals surface area contributed by atoms with Crippen molar-refractivity contribution in [2.45, 2.75) is 39.0 Å². The lowest BCUT2D eigenvalue weighted by atomic mass is 10.1. The monoisotopic (exact) mass is 251 g/mol. The van der Waals surface area contributed by atoms with Gasteiger partial charge in [-0.15, -0.1) is 0 Å². The molecule has 0 bridgehead atoms. The smallest absolute Gasteiger partial charge is 0.0185 e. The number of nitrogens with one attached hydrogen (secondary N) is 1. The van der Waals surface area contributed by atoms with Crippen LogP contribution in [-0.2, 0) is 5.75 Å². The summed E-state index contributed by atoms with van der Waals surface area (Å²) in [5.74, 6) is 3.04. The zero-order valence-corrected chi connectivity index (χ0v) is 12.1. The summed E-state index contributed by atoms with van der Waals surface area (Å²) in [6, 6.07) is 11.4. The third-order valence-electron chi connectivity index (χ3n) is 2.87. The van der Waals surface area contributed by atoms with Crippen LogP contribution in [-0.4, -0.2) is 18.3 Å². The number of benzene rings is 1. The van der Waals surface area contributed by atoms with Gasteiger partial charge in [0.05, 0.1) is 0 Å². The molecule has 17 heavy (non-hydrogen) atoms. The average molecular weight is 251 g/mol. The molecule has 0 spiro atoms. The molecule has 0 aliphatic rings. The third-order valence-corrected chi connectivity index (χ3v) is 4.00. The largest absolute Gasteiger partial charge is 0.313 e. The molecule has 1 unspecified atom stereocenters. The van der Waals surface area contributed by atoms with Gasteiger partial charge in [-0.2, -0.15) is 11.8 Å². The molecule has 1 aromatic rings. The Balaban J connectivity index is 2.27. The Morgan fingerprint density at radius 2 is 1.88 bits per heavy atom. The van der Waals surface area contributed by atoms with Gasteiger partial charge in [-0.05, 0) is 24.4 Å². The fourth-order valence-electron chi connectivity index (χ4n) is 1.69. The summed E-state index contributed by atoms with van der Waals surface area (Å²) in [6.07, 6.45) is 1.21. The molecule has 1 aromatic carbocycles. The van der Waals surface area contributed by atoms with E-state index in [0.29, 0.717) is 12.0 Å². The van der Waals surface area contributed by atoms with Crippen LogP contribution in [0.5, 0.6) is 0 Å². The van der Waals surface area contributed by atoms with E-state index in [1.54, 1.807) is 0 Å². The highest BCUT2D eigenvalue weighted by Crippen LogP contribution is 2.15. The minimum atomic E-state index is 0.642. The van der Waals surface area contributed by atoms with E-state index in [0.717, 1.165) is 12.3 Å². The first kappa shape index (κ1) is 14.6. The SMILES string of the molecule is CCCNC(CSCc1ccccc1)C(C)C. The third kappa shape index (κ3) is 6.13. The van der Waals surface area contributed by atoms with Gasteiger partial charge < -0.3 is 5.32 Å². The lowest BCUT2D eigenvalue weighted by Crippen LogP contribution is -2.36. The standard InChI is InChI=1S/C15H25NS/c1-4-10-16-15(13(2)3)12-17-11-14-8-6-5-7-9-14/h5-9,13,15-16H,4,10-12H2,1-3H3. The molecule has 0 aliphatic heterocycles. The van der Waals surface area contributed by atoms with E-state index in [2.05, 4.69) is 56.4 Å². The normalized spacial score (nSPS) is 12.9. The highest BCUT2D eigenvalue weighted by atomic mass is 32.2. The van der Waals surface area contributed by atoms with E-state index in [9.17, 15) is 0 Å². The Labute approximate surface area is 110 Å². The highest BCUT2D eigenvalue weighted by Gasteiger charge is 2.11. The van der Waals surface area contributed by atoms with Gasteiger partial charge >= 0.3 is 0 Å². The van der Waals surface area contributed by atoms with Gasteiger partial charge in [-0.3, -0.25) is 0 Å². The summed E-state index contributed by atoms with van der Waals surface area (Å²) in [7, 11) is 0. The zero-order valence-electron chi connectivity index (χ0n) is 11.3. The van der Waals surface area contributed by atoms with Crippen molar-refractivity contribution in [3.05, 3.63) is 35.9 Å². The van der Waals surface area contributed by atoms with Crippen molar-refractivity contribution in [3.8, 4) is 0 Å². The topological polar surface area (TPSA) is 12.0 Å². The minimum Gasteiger partial charge on any atom is -0.313 e. The first-order chi connectivity index (χ1) is 8.24. The van der Waals surface area contributed by atoms with Gasteiger partial charge in [-0.25, -0.2) is 0 Å². The first-order valence-electron chi connectivity index (χ1n) is 6.59. The van der Waals surface area contributed by atoms with Crippen LogP contribution in [0.2, 0.25) is 0 Å². The second-order valence-electron chi connectivity index (χ2n) is 4.81. The highest BCUT2D eigenvalue weighted by molar-refractivity contribution is 7.98. The second-order valence-corrected chi connectivity index (χ2v) is 5.84. The van der Waals surface area contributed by atoms with Gasteiger partial charge in [0, 0.05) is 17.5 Å². The van der Waals surface area contributed by atoms with E-state index >= 15 is 0 Å². The second kappa shape index (κ2) is 8.60. The van der Waals surface area contributed by atoms with Gasteiger partial charge in [0.25, 0.3) is 0 Å². The molecule has 2 heteroatoms. The Morgan fingerprint density at radius 3 is 2.47 bits per heavy atom. The van der Waals surface area contributed by atoms with Gasteiger partial charge in [0.2, 0.25) is 0 Å². The van der Waals surface area contributed by atoms with E-state index in [-0.39, 0.29) is 0 Å². The van der Waals surface area contributed by atoms with E-state index in [1.807, 2.05) is 11.8 Å². The van der Waals surface area contributed by atoms with Crippen molar-refractivity contribution in [2.75, 3.05) is 12.3 Å². The molecule has 96 valence electrons. The molecule has 0 radical (unpaired) electrons. The summed E-state index contributed by atoms with van der Waals surface area (Å²) in [5, 5.41) is 3.63. The van der Waals surface area contributed by atoms with Crippen LogP contribution in [0.15, 0.2) is 30.3 Å². The molecule has 0 heterocycles. The maximum Gasteiger partial charge on any atom is 0.0185 e. The lowest BCUT2D eigenvalue weighted by Gasteiger charge is -2.21. The maximum absolute atomic E-state index is 3.63. The summed E-state index contributed by atoms with van der Waals surface area (Å²) in [4.78, 5) is 0. The molecule has 0 fully saturated rings. The molecule has 0 aliphatic carbocycles. The number of hydrogen-bond acceptors (Lipinski definition) is 2. The van der Waals surface area contributed by atoms with Crippen LogP contribution in [0.1, 0.15) is 32.8 Å². The Morgan fingerprint density at radius 1 is 1.18 bits per heavy atom. The molecule has 1 rings (SSSR count). The van der Waals surface area contributed by atoms with Crippen molar-refractivity contribution in [2.24, 2.45) is 5.92 Å². The van der Waals surface area contributed by atoms with E-state index < -0.39 is 0 Å². The predicted molar refractivity (Wildman–Crippen MR) is 79.5 cm³/mol. The van der Waals surface area contributed by atoms with Crippen molar-refractivity contribution in [1.82, 2.24) is 5.32 Å². The van der Waals surface area contributed by atoms with Crippen molar-refractivity contribution in [1.29, 1.82) is 0 Å². The summed E-state index contributed by atoms with van der Waals surface area (Å²) >= 11 is 2.03. The molecule has 0 aromatic heterocycles. The van der Waals surface area contributed by atoms with Crippen molar-refractivity contribution in [3.63, 3.8) is 0 Å². The lowest BCUT2D eigenvalue weighted by molar-refractivity contribution is 0.434. The van der Waals surface area contributed by atoms with Crippen LogP contribution in [0.4, 0.5) is 0 Å². The molecule has 1 nitrogen and oxygen atoms in total. The van der Waals surface area contributed by atoms with Crippen LogP contribution in [0.25, 0.3) is 0 Å². The fourth-order valence-corrected chi connectivity index (χ4v) is 3.00. The molecule has 0 saturated heterocycles. The number of hydrogen-bond donors (Lipinski definition) is 1. The maximum atomic E-state index is 3.63. The average Bonchev–Trinajstić information content (AvgIpc) is 2.34. The molecule has 0 saturated carbocycles. The predicted octanol–water partition coefficient (Wildman–Crippen LogP) is 3.94. The van der Waals surface area contributed by atoms with Gasteiger partial charge in [-0.1, -0.05) is 51.1 Å². The molecule has 1 N–H and O–H groups in total. The van der Waals surface area contributed by atoms with Crippen LogP contribution < -0.4 is 5.32 Å². The Hall–Kier alpha value is -0.470. The first-order valence-corrected chi connectivity index (χ1v) is 7.74. The molecule has 1 atom stereocenters. The Bertz CT molecular complexity index is 284. The quantitative estimate of drug-likeness (QED) is 0.751. The van der Waals surface area contributed by atoms with E-state index in [1.165, 1.54) is 17.7 Å². The summed E-state index contributed by atoms with van der Waals surface area (Å²) in [6.45, 7) is 7.96.